The quantitative estimate of drug-likeness (QED) is 0.523. The van der Waals surface area contributed by atoms with Crippen molar-refractivity contribution in [1.82, 2.24) is 4.90 Å². The molecule has 0 amide bonds. The summed E-state index contributed by atoms with van der Waals surface area (Å²) in [6.45, 7) is 4.28. The Labute approximate surface area is 58.4 Å². The smallest absolute Gasteiger partial charge is 0.00953 e. The van der Waals surface area contributed by atoms with Crippen LogP contribution in [-0.2, 0) is 0 Å². The number of hydrogen-bond acceptors (Lipinski definition) is 1. The molecule has 0 radical (unpaired) electrons. The Hall–Kier alpha value is -0.300. The average molecular weight is 127 g/mol. The molecule has 1 atom stereocenters. The summed E-state index contributed by atoms with van der Waals surface area (Å²) in [6.07, 6.45) is 5.45. The van der Waals surface area contributed by atoms with Gasteiger partial charge in [0.25, 0.3) is 0 Å². The number of allylic oxidation sites excluding steroid dienone is 1. The summed E-state index contributed by atoms with van der Waals surface area (Å²) in [4.78, 5) is 2.22. The van der Waals surface area contributed by atoms with Crippen LogP contribution in [-0.4, -0.2) is 25.0 Å². The van der Waals surface area contributed by atoms with E-state index in [1.807, 2.05) is 0 Å². The Morgan fingerprint density at radius 3 is 2.33 bits per heavy atom. The highest BCUT2D eigenvalue weighted by Crippen LogP contribution is 1.97. The van der Waals surface area contributed by atoms with Crippen molar-refractivity contribution < 1.29 is 0 Å². The van der Waals surface area contributed by atoms with E-state index in [0.717, 1.165) is 6.42 Å². The molecule has 0 aromatic rings. The molecule has 9 heavy (non-hydrogen) atoms. The molecule has 0 aliphatic carbocycles. The van der Waals surface area contributed by atoms with Crippen molar-refractivity contribution in [2.45, 2.75) is 26.3 Å². The van der Waals surface area contributed by atoms with Crippen LogP contribution in [0.2, 0.25) is 0 Å². The maximum Gasteiger partial charge on any atom is 0.00953 e. The van der Waals surface area contributed by atoms with Gasteiger partial charge in [-0.3, -0.25) is 0 Å². The average Bonchev–Trinajstić information content (AvgIpc) is 1.82. The molecule has 0 rings (SSSR count). The number of rotatable bonds is 3. The fourth-order valence-electron chi connectivity index (χ4n) is 0.544. The van der Waals surface area contributed by atoms with Crippen molar-refractivity contribution >= 4 is 0 Å². The minimum Gasteiger partial charge on any atom is -0.306 e. The van der Waals surface area contributed by atoms with Gasteiger partial charge in [-0.1, -0.05) is 12.2 Å². The lowest BCUT2D eigenvalue weighted by Gasteiger charge is -2.17. The third-order valence-corrected chi connectivity index (χ3v) is 1.59. The summed E-state index contributed by atoms with van der Waals surface area (Å²) in [5, 5.41) is 0. The Morgan fingerprint density at radius 2 is 2.00 bits per heavy atom. The van der Waals surface area contributed by atoms with E-state index in [1.165, 1.54) is 0 Å². The zero-order valence-corrected chi connectivity index (χ0v) is 6.89. The molecule has 0 spiro atoms. The Morgan fingerprint density at radius 1 is 1.44 bits per heavy atom. The van der Waals surface area contributed by atoms with Crippen LogP contribution in [0, 0.1) is 0 Å². The van der Waals surface area contributed by atoms with Gasteiger partial charge in [0.1, 0.15) is 0 Å². The van der Waals surface area contributed by atoms with Crippen LogP contribution in [0.4, 0.5) is 0 Å². The summed E-state index contributed by atoms with van der Waals surface area (Å²) in [7, 11) is 4.21. The summed E-state index contributed by atoms with van der Waals surface area (Å²) in [5.41, 5.74) is 0. The molecular formula is C8H17N. The first-order chi connectivity index (χ1) is 4.18. The van der Waals surface area contributed by atoms with Crippen LogP contribution in [0.5, 0.6) is 0 Å². The van der Waals surface area contributed by atoms with Gasteiger partial charge >= 0.3 is 0 Å². The lowest BCUT2D eigenvalue weighted by Crippen LogP contribution is -2.23. The van der Waals surface area contributed by atoms with Crippen molar-refractivity contribution in [2.75, 3.05) is 14.1 Å². The topological polar surface area (TPSA) is 3.24 Å². The van der Waals surface area contributed by atoms with Crippen LogP contribution < -0.4 is 0 Å². The predicted molar refractivity (Wildman–Crippen MR) is 42.6 cm³/mol. The van der Waals surface area contributed by atoms with Crippen molar-refractivity contribution in [3.8, 4) is 0 Å². The first kappa shape index (κ1) is 8.70. The summed E-state index contributed by atoms with van der Waals surface area (Å²) < 4.78 is 0. The van der Waals surface area contributed by atoms with Gasteiger partial charge in [0.05, 0.1) is 0 Å². The predicted octanol–water partition coefficient (Wildman–Crippen LogP) is 1.90. The van der Waals surface area contributed by atoms with Crippen LogP contribution in [0.25, 0.3) is 0 Å². The first-order valence-electron chi connectivity index (χ1n) is 3.46. The van der Waals surface area contributed by atoms with E-state index in [0.29, 0.717) is 6.04 Å². The van der Waals surface area contributed by atoms with Crippen LogP contribution >= 0.6 is 0 Å². The molecule has 0 fully saturated rings. The summed E-state index contributed by atoms with van der Waals surface area (Å²) >= 11 is 0. The van der Waals surface area contributed by atoms with E-state index in [-0.39, 0.29) is 0 Å². The zero-order valence-electron chi connectivity index (χ0n) is 6.89. The Bertz CT molecular complexity index is 84.6. The molecule has 0 aliphatic rings. The number of nitrogens with zero attached hydrogens (tertiary/aromatic N) is 1. The minimum atomic E-state index is 0.668. The third-order valence-electron chi connectivity index (χ3n) is 1.59. The molecule has 1 heteroatoms. The molecule has 1 nitrogen and oxygen atoms in total. The highest BCUT2D eigenvalue weighted by atomic mass is 15.1. The van der Waals surface area contributed by atoms with Crippen LogP contribution in [0.3, 0.4) is 0 Å². The molecule has 0 N–H and O–H groups in total. The Balaban J connectivity index is 3.38. The summed E-state index contributed by atoms with van der Waals surface area (Å²) in [5.74, 6) is 0. The van der Waals surface area contributed by atoms with E-state index in [9.17, 15) is 0 Å². The molecule has 0 saturated heterocycles. The fourth-order valence-corrected chi connectivity index (χ4v) is 0.544. The summed E-state index contributed by atoms with van der Waals surface area (Å²) in [6, 6.07) is 0.668. The van der Waals surface area contributed by atoms with Gasteiger partial charge in [-0.15, -0.1) is 0 Å². The van der Waals surface area contributed by atoms with Crippen LogP contribution in [0.15, 0.2) is 12.2 Å². The second-order valence-electron chi connectivity index (χ2n) is 2.62. The molecule has 0 saturated carbocycles. The van der Waals surface area contributed by atoms with Gasteiger partial charge in [0.15, 0.2) is 0 Å². The van der Waals surface area contributed by atoms with Gasteiger partial charge in [0, 0.05) is 6.04 Å². The lowest BCUT2D eigenvalue weighted by molar-refractivity contribution is 0.316. The van der Waals surface area contributed by atoms with Crippen molar-refractivity contribution in [2.24, 2.45) is 0 Å². The van der Waals surface area contributed by atoms with Gasteiger partial charge in [0.2, 0.25) is 0 Å². The van der Waals surface area contributed by atoms with Gasteiger partial charge < -0.3 is 4.90 Å². The first-order valence-corrected chi connectivity index (χ1v) is 3.46. The van der Waals surface area contributed by atoms with E-state index < -0.39 is 0 Å². The fraction of sp³-hybridized carbons (Fsp3) is 0.750. The monoisotopic (exact) mass is 127 g/mol. The maximum absolute atomic E-state index is 2.22. The van der Waals surface area contributed by atoms with Crippen molar-refractivity contribution in [3.63, 3.8) is 0 Å². The molecule has 0 aromatic heterocycles. The van der Waals surface area contributed by atoms with E-state index in [4.69, 9.17) is 0 Å². The van der Waals surface area contributed by atoms with Crippen LogP contribution in [0.1, 0.15) is 20.3 Å². The van der Waals surface area contributed by atoms with Gasteiger partial charge in [-0.25, -0.2) is 0 Å². The van der Waals surface area contributed by atoms with E-state index in [1.54, 1.807) is 0 Å². The lowest BCUT2D eigenvalue weighted by atomic mass is 10.2. The van der Waals surface area contributed by atoms with E-state index in [2.05, 4.69) is 45.0 Å². The van der Waals surface area contributed by atoms with Gasteiger partial charge in [-0.2, -0.15) is 0 Å². The largest absolute Gasteiger partial charge is 0.306 e. The molecule has 0 aromatic carbocycles. The third kappa shape index (κ3) is 4.22. The molecule has 0 heterocycles. The van der Waals surface area contributed by atoms with Crippen molar-refractivity contribution in [3.05, 3.63) is 12.2 Å². The molecule has 1 unspecified atom stereocenters. The SMILES string of the molecule is CC=CCC(C)N(C)C. The number of hydrogen-bond donors (Lipinski definition) is 0. The standard InChI is InChI=1S/C8H17N/c1-5-6-7-8(2)9(3)4/h5-6,8H,7H2,1-4H3. The van der Waals surface area contributed by atoms with E-state index >= 15 is 0 Å². The highest BCUT2D eigenvalue weighted by Gasteiger charge is 1.98. The second kappa shape index (κ2) is 4.57. The molecule has 54 valence electrons. The van der Waals surface area contributed by atoms with Gasteiger partial charge in [-0.05, 0) is 34.4 Å². The second-order valence-corrected chi connectivity index (χ2v) is 2.62. The normalized spacial score (nSPS) is 15.2. The zero-order chi connectivity index (χ0) is 7.28. The maximum atomic E-state index is 2.22. The minimum absolute atomic E-state index is 0.668. The highest BCUT2D eigenvalue weighted by molar-refractivity contribution is 4.81. The molecular weight excluding hydrogens is 110 g/mol. The Kier molecular flexibility index (Phi) is 4.41. The molecule has 0 aliphatic heterocycles. The van der Waals surface area contributed by atoms with Crippen molar-refractivity contribution in [1.29, 1.82) is 0 Å². The molecule has 0 bridgehead atoms.